The Morgan fingerprint density at radius 1 is 1.13 bits per heavy atom. The van der Waals surface area contributed by atoms with E-state index in [9.17, 15) is 31.7 Å². The maximum Gasteiger partial charge on any atom is 0.341 e. The average Bonchev–Trinajstić information content (AvgIpc) is 2.71. The molecule has 1 heterocycles. The highest BCUT2D eigenvalue weighted by molar-refractivity contribution is 7.91. The molecular formula is C19H20F3N3O4S. The van der Waals surface area contributed by atoms with Crippen LogP contribution in [0.25, 0.3) is 0 Å². The first kappa shape index (κ1) is 22.0. The van der Waals surface area contributed by atoms with Gasteiger partial charge in [-0.15, -0.1) is 0 Å². The van der Waals surface area contributed by atoms with Gasteiger partial charge in [0.15, 0.2) is 0 Å². The number of halogens is 3. The zero-order chi connectivity index (χ0) is 21.9. The van der Waals surface area contributed by atoms with E-state index >= 15 is 0 Å². The van der Waals surface area contributed by atoms with Gasteiger partial charge in [0.25, 0.3) is 5.69 Å². The zero-order valence-corrected chi connectivity index (χ0v) is 16.6. The summed E-state index contributed by atoms with van der Waals surface area (Å²) in [6.45, 7) is 2.08. The van der Waals surface area contributed by atoms with Crippen molar-refractivity contribution in [2.75, 3.05) is 18.4 Å². The van der Waals surface area contributed by atoms with E-state index in [4.69, 9.17) is 0 Å². The number of piperidine rings is 1. The van der Waals surface area contributed by atoms with E-state index in [0.29, 0.717) is 38.5 Å². The van der Waals surface area contributed by atoms with Crippen LogP contribution in [0.15, 0.2) is 47.4 Å². The maximum atomic E-state index is 13.0. The van der Waals surface area contributed by atoms with Gasteiger partial charge in [0.05, 0.1) is 9.82 Å². The summed E-state index contributed by atoms with van der Waals surface area (Å²) in [7, 11) is -4.92. The Labute approximate surface area is 171 Å². The fourth-order valence-electron chi connectivity index (χ4n) is 3.37. The third-order valence-corrected chi connectivity index (χ3v) is 6.38. The lowest BCUT2D eigenvalue weighted by molar-refractivity contribution is -0.384. The number of nitrogens with zero attached hydrogens (tertiary/aromatic N) is 2. The summed E-state index contributed by atoms with van der Waals surface area (Å²) in [6, 6.07) is 8.91. The molecule has 1 saturated heterocycles. The van der Waals surface area contributed by atoms with Crippen molar-refractivity contribution >= 4 is 21.2 Å². The predicted molar refractivity (Wildman–Crippen MR) is 105 cm³/mol. The molecule has 1 N–H and O–H groups in total. The van der Waals surface area contributed by atoms with Crippen molar-refractivity contribution in [1.82, 2.24) is 4.90 Å². The molecule has 0 spiro atoms. The lowest BCUT2D eigenvalue weighted by Crippen LogP contribution is -2.38. The molecule has 11 heteroatoms. The molecule has 3 rings (SSSR count). The number of nitro benzene ring substituents is 1. The molecule has 0 radical (unpaired) electrons. The minimum atomic E-state index is -4.92. The second-order valence-electron chi connectivity index (χ2n) is 7.06. The molecule has 0 aromatic heterocycles. The Hall–Kier alpha value is -2.66. The molecule has 0 amide bonds. The summed E-state index contributed by atoms with van der Waals surface area (Å²) >= 11 is 0. The summed E-state index contributed by atoms with van der Waals surface area (Å²) in [6.07, 6.45) is 1.35. The van der Waals surface area contributed by atoms with Crippen molar-refractivity contribution in [3.8, 4) is 0 Å². The van der Waals surface area contributed by atoms with E-state index in [1.54, 1.807) is 12.1 Å². The normalized spacial score (nSPS) is 16.0. The van der Waals surface area contributed by atoms with Crippen LogP contribution in [-0.4, -0.2) is 43.1 Å². The van der Waals surface area contributed by atoms with E-state index in [0.717, 1.165) is 17.7 Å². The molecule has 0 unspecified atom stereocenters. The maximum absolute atomic E-state index is 13.0. The van der Waals surface area contributed by atoms with Gasteiger partial charge in [-0.2, -0.15) is 8.78 Å². The summed E-state index contributed by atoms with van der Waals surface area (Å²) in [5.41, 5.74) is 0.505. The Morgan fingerprint density at radius 3 is 2.33 bits per heavy atom. The second-order valence-corrected chi connectivity index (χ2v) is 8.98. The van der Waals surface area contributed by atoms with Crippen LogP contribution in [0.2, 0.25) is 0 Å². The number of sulfone groups is 1. The molecule has 0 bridgehead atoms. The topological polar surface area (TPSA) is 92.5 Å². The number of hydrogen-bond donors (Lipinski definition) is 1. The van der Waals surface area contributed by atoms with Gasteiger partial charge in [-0.25, -0.2) is 12.8 Å². The van der Waals surface area contributed by atoms with Crippen molar-refractivity contribution < 1.29 is 26.5 Å². The lowest BCUT2D eigenvalue weighted by Gasteiger charge is -2.32. The Kier molecular flexibility index (Phi) is 6.61. The standard InChI is InChI=1S/C19H20F3N3O4S/c20-14-3-1-13(2-4-14)12-24-9-7-15(8-10-24)23-17-6-5-16(11-18(17)25(26)27)30(28,29)19(21)22/h1-6,11,15,19,23H,7-10,12H2. The number of likely N-dealkylation sites (tertiary alicyclic amines) is 1. The van der Waals surface area contributed by atoms with Crippen LogP contribution < -0.4 is 5.32 Å². The van der Waals surface area contributed by atoms with Crippen LogP contribution >= 0.6 is 0 Å². The predicted octanol–water partition coefficient (Wildman–Crippen LogP) is 3.81. The van der Waals surface area contributed by atoms with E-state index in [-0.39, 0.29) is 17.5 Å². The third kappa shape index (κ3) is 5.08. The first-order valence-corrected chi connectivity index (χ1v) is 10.8. The van der Waals surface area contributed by atoms with Gasteiger partial charge in [-0.3, -0.25) is 15.0 Å². The Balaban J connectivity index is 1.65. The van der Waals surface area contributed by atoms with Gasteiger partial charge in [0, 0.05) is 31.7 Å². The molecule has 1 fully saturated rings. The first-order valence-electron chi connectivity index (χ1n) is 9.20. The highest BCUT2D eigenvalue weighted by atomic mass is 32.2. The largest absolute Gasteiger partial charge is 0.377 e. The minimum absolute atomic E-state index is 0.0881. The smallest absolute Gasteiger partial charge is 0.341 e. The molecule has 30 heavy (non-hydrogen) atoms. The molecule has 0 aliphatic carbocycles. The quantitative estimate of drug-likeness (QED) is 0.517. The Bertz CT molecular complexity index is 1010. The molecule has 1 aliphatic rings. The SMILES string of the molecule is O=[N+]([O-])c1cc(S(=O)(=O)C(F)F)ccc1NC1CCN(Cc2ccc(F)cc2)CC1. The number of alkyl halides is 2. The van der Waals surface area contributed by atoms with Crippen molar-refractivity contribution in [2.24, 2.45) is 0 Å². The summed E-state index contributed by atoms with van der Waals surface area (Å²) < 4.78 is 61.6. The van der Waals surface area contributed by atoms with E-state index in [1.807, 2.05) is 0 Å². The second kappa shape index (κ2) is 9.00. The fourth-order valence-corrected chi connectivity index (χ4v) is 4.11. The van der Waals surface area contributed by atoms with Gasteiger partial charge in [0.2, 0.25) is 9.84 Å². The van der Waals surface area contributed by atoms with E-state index in [2.05, 4.69) is 10.2 Å². The number of anilines is 1. The van der Waals surface area contributed by atoms with Gasteiger partial charge < -0.3 is 5.32 Å². The average molecular weight is 443 g/mol. The monoisotopic (exact) mass is 443 g/mol. The van der Waals surface area contributed by atoms with Crippen molar-refractivity contribution in [2.45, 2.75) is 36.1 Å². The first-order chi connectivity index (χ1) is 14.2. The molecule has 162 valence electrons. The van der Waals surface area contributed by atoms with Crippen LogP contribution in [0.5, 0.6) is 0 Å². The number of rotatable bonds is 7. The van der Waals surface area contributed by atoms with E-state index in [1.165, 1.54) is 12.1 Å². The molecule has 7 nitrogen and oxygen atoms in total. The molecule has 0 saturated carbocycles. The third-order valence-electron chi connectivity index (χ3n) is 5.00. The number of benzene rings is 2. The van der Waals surface area contributed by atoms with Crippen molar-refractivity contribution in [3.63, 3.8) is 0 Å². The van der Waals surface area contributed by atoms with Crippen LogP contribution in [-0.2, 0) is 16.4 Å². The van der Waals surface area contributed by atoms with Crippen molar-refractivity contribution in [1.29, 1.82) is 0 Å². The van der Waals surface area contributed by atoms with Crippen LogP contribution in [0, 0.1) is 15.9 Å². The number of nitro groups is 1. The number of nitrogens with one attached hydrogen (secondary N) is 1. The summed E-state index contributed by atoms with van der Waals surface area (Å²) in [5, 5.41) is 14.4. The van der Waals surface area contributed by atoms with Crippen LogP contribution in [0.1, 0.15) is 18.4 Å². The molecule has 1 aliphatic heterocycles. The highest BCUT2D eigenvalue weighted by Gasteiger charge is 2.30. The van der Waals surface area contributed by atoms with Crippen LogP contribution in [0.3, 0.4) is 0 Å². The van der Waals surface area contributed by atoms with Gasteiger partial charge >= 0.3 is 5.76 Å². The molecule has 0 atom stereocenters. The number of hydrogen-bond acceptors (Lipinski definition) is 6. The molecule has 2 aromatic rings. The minimum Gasteiger partial charge on any atom is -0.377 e. The van der Waals surface area contributed by atoms with E-state index < -0.39 is 31.1 Å². The van der Waals surface area contributed by atoms with Gasteiger partial charge in [0.1, 0.15) is 11.5 Å². The molecular weight excluding hydrogens is 423 g/mol. The highest BCUT2D eigenvalue weighted by Crippen LogP contribution is 2.31. The van der Waals surface area contributed by atoms with Gasteiger partial charge in [-0.1, -0.05) is 12.1 Å². The fraction of sp³-hybridized carbons (Fsp3) is 0.368. The lowest BCUT2D eigenvalue weighted by atomic mass is 10.0. The van der Waals surface area contributed by atoms with Crippen molar-refractivity contribution in [3.05, 3.63) is 64.0 Å². The summed E-state index contributed by atoms with van der Waals surface area (Å²) in [4.78, 5) is 11.9. The van der Waals surface area contributed by atoms with Crippen LogP contribution in [0.4, 0.5) is 24.5 Å². The van der Waals surface area contributed by atoms with Gasteiger partial charge in [-0.05, 0) is 42.7 Å². The Morgan fingerprint density at radius 2 is 1.77 bits per heavy atom. The molecule has 2 aromatic carbocycles. The zero-order valence-electron chi connectivity index (χ0n) is 15.8. The summed E-state index contributed by atoms with van der Waals surface area (Å²) in [5.74, 6) is -3.95.